The average Bonchev–Trinajstić information content (AvgIpc) is 2.26. The van der Waals surface area contributed by atoms with E-state index in [0.29, 0.717) is 5.92 Å². The molecule has 0 aromatic heterocycles. The van der Waals surface area contributed by atoms with E-state index in [1.165, 1.54) is 6.29 Å². The minimum absolute atomic E-state index is 0.0890. The summed E-state index contributed by atoms with van der Waals surface area (Å²) in [4.78, 5) is 11.2. The molecule has 0 aliphatic heterocycles. The van der Waals surface area contributed by atoms with Crippen LogP contribution in [0.3, 0.4) is 0 Å². The van der Waals surface area contributed by atoms with Gasteiger partial charge in [-0.2, -0.15) is 0 Å². The van der Waals surface area contributed by atoms with Crippen LogP contribution in [0.4, 0.5) is 0 Å². The Kier molecular flexibility index (Phi) is 4.12. The molecule has 1 rings (SSSR count). The molecule has 0 saturated carbocycles. The predicted octanol–water partition coefficient (Wildman–Crippen LogP) is 3.51. The summed E-state index contributed by atoms with van der Waals surface area (Å²) < 4.78 is 0. The van der Waals surface area contributed by atoms with Gasteiger partial charge in [-0.25, -0.2) is 0 Å². The van der Waals surface area contributed by atoms with Gasteiger partial charge in [0.05, 0.1) is 0 Å². The average molecular weight is 192 g/mol. The topological polar surface area (TPSA) is 17.1 Å². The largest absolute Gasteiger partial charge is 0.303 e. The van der Waals surface area contributed by atoms with Crippen LogP contribution in [0.15, 0.2) is 24.3 Å². The van der Waals surface area contributed by atoms with Crippen molar-refractivity contribution in [2.24, 2.45) is 11.3 Å². The van der Waals surface area contributed by atoms with Gasteiger partial charge in [0.1, 0.15) is 6.29 Å². The monoisotopic (exact) mass is 192 g/mol. The molecule has 0 aromatic rings. The molecule has 14 heavy (non-hydrogen) atoms. The summed E-state index contributed by atoms with van der Waals surface area (Å²) in [6, 6.07) is 0. The Morgan fingerprint density at radius 2 is 2.29 bits per heavy atom. The van der Waals surface area contributed by atoms with Crippen LogP contribution in [-0.4, -0.2) is 6.29 Å². The summed E-state index contributed by atoms with van der Waals surface area (Å²) in [6.07, 6.45) is 13.8. The third-order valence-corrected chi connectivity index (χ3v) is 3.38. The lowest BCUT2D eigenvalue weighted by molar-refractivity contribution is -0.119. The van der Waals surface area contributed by atoms with Crippen LogP contribution in [0.1, 0.15) is 39.5 Å². The Bertz CT molecular complexity index is 240. The van der Waals surface area contributed by atoms with Crippen LogP contribution in [0.2, 0.25) is 0 Å². The molecule has 0 spiro atoms. The maximum Gasteiger partial charge on any atom is 0.126 e. The van der Waals surface area contributed by atoms with Crippen LogP contribution in [0.25, 0.3) is 0 Å². The zero-order valence-electron chi connectivity index (χ0n) is 9.20. The summed E-state index contributed by atoms with van der Waals surface area (Å²) in [5.41, 5.74) is -0.0890. The first-order valence-corrected chi connectivity index (χ1v) is 5.47. The number of hydrogen-bond donors (Lipinski definition) is 0. The molecule has 1 heteroatoms. The fourth-order valence-corrected chi connectivity index (χ4v) is 2.12. The molecule has 0 amide bonds. The van der Waals surface area contributed by atoms with Crippen molar-refractivity contribution in [3.8, 4) is 0 Å². The minimum atomic E-state index is -0.0890. The third kappa shape index (κ3) is 2.34. The number of hydrogen-bond acceptors (Lipinski definition) is 1. The Hall–Kier alpha value is -0.850. The molecule has 0 radical (unpaired) electrons. The normalized spacial score (nSPS) is 29.3. The Morgan fingerprint density at radius 3 is 2.79 bits per heavy atom. The number of aldehydes is 1. The molecule has 0 N–H and O–H groups in total. The fraction of sp³-hybridized carbons (Fsp3) is 0.615. The highest BCUT2D eigenvalue weighted by molar-refractivity contribution is 5.60. The Balaban J connectivity index is 2.67. The van der Waals surface area contributed by atoms with Crippen molar-refractivity contribution in [2.75, 3.05) is 0 Å². The summed E-state index contributed by atoms with van der Waals surface area (Å²) in [5, 5.41) is 0. The number of carbonyl (C=O) groups is 1. The van der Waals surface area contributed by atoms with Gasteiger partial charge in [0.25, 0.3) is 0 Å². The molecular formula is C13H20O. The van der Waals surface area contributed by atoms with Gasteiger partial charge in [0.2, 0.25) is 0 Å². The molecule has 0 bridgehead atoms. The van der Waals surface area contributed by atoms with Crippen molar-refractivity contribution in [3.63, 3.8) is 0 Å². The molecule has 0 heterocycles. The highest BCUT2D eigenvalue weighted by Gasteiger charge is 2.34. The molecule has 0 fully saturated rings. The van der Waals surface area contributed by atoms with E-state index < -0.39 is 0 Å². The van der Waals surface area contributed by atoms with E-state index in [-0.39, 0.29) is 5.41 Å². The molecule has 2 unspecified atom stereocenters. The van der Waals surface area contributed by atoms with Crippen LogP contribution in [0, 0.1) is 11.3 Å². The van der Waals surface area contributed by atoms with Crippen LogP contribution in [-0.2, 0) is 4.79 Å². The SMILES string of the molecule is CC=CCC(C)C1(C=O)CC=CCC1. The van der Waals surface area contributed by atoms with Crippen molar-refractivity contribution in [1.29, 1.82) is 0 Å². The lowest BCUT2D eigenvalue weighted by Crippen LogP contribution is -2.31. The predicted molar refractivity (Wildman–Crippen MR) is 60.1 cm³/mol. The molecule has 0 saturated heterocycles. The molecule has 1 nitrogen and oxygen atoms in total. The fourth-order valence-electron chi connectivity index (χ4n) is 2.12. The van der Waals surface area contributed by atoms with Crippen LogP contribution >= 0.6 is 0 Å². The summed E-state index contributed by atoms with van der Waals surface area (Å²) in [5.74, 6) is 0.459. The van der Waals surface area contributed by atoms with Crippen LogP contribution < -0.4 is 0 Å². The van der Waals surface area contributed by atoms with E-state index in [0.717, 1.165) is 25.7 Å². The van der Waals surface area contributed by atoms with Gasteiger partial charge < -0.3 is 4.79 Å². The van der Waals surface area contributed by atoms with Gasteiger partial charge in [0.15, 0.2) is 0 Å². The van der Waals surface area contributed by atoms with Gasteiger partial charge in [0, 0.05) is 5.41 Å². The van der Waals surface area contributed by atoms with E-state index in [9.17, 15) is 4.79 Å². The van der Waals surface area contributed by atoms with Crippen LogP contribution in [0.5, 0.6) is 0 Å². The summed E-state index contributed by atoms with van der Waals surface area (Å²) in [6.45, 7) is 4.22. The van der Waals surface area contributed by atoms with Gasteiger partial charge >= 0.3 is 0 Å². The van der Waals surface area contributed by atoms with Crippen molar-refractivity contribution < 1.29 is 4.79 Å². The van der Waals surface area contributed by atoms with E-state index in [1.54, 1.807) is 0 Å². The first-order chi connectivity index (χ1) is 6.75. The molecule has 1 aliphatic rings. The van der Waals surface area contributed by atoms with Crippen molar-refractivity contribution in [1.82, 2.24) is 0 Å². The maximum absolute atomic E-state index is 11.2. The minimum Gasteiger partial charge on any atom is -0.303 e. The summed E-state index contributed by atoms with van der Waals surface area (Å²) >= 11 is 0. The molecule has 0 aromatic carbocycles. The first kappa shape index (κ1) is 11.2. The highest BCUT2D eigenvalue weighted by Crippen LogP contribution is 2.39. The second-order valence-corrected chi connectivity index (χ2v) is 4.27. The van der Waals surface area contributed by atoms with Gasteiger partial charge in [-0.1, -0.05) is 31.2 Å². The maximum atomic E-state index is 11.2. The zero-order valence-corrected chi connectivity index (χ0v) is 9.20. The van der Waals surface area contributed by atoms with Gasteiger partial charge in [-0.15, -0.1) is 0 Å². The van der Waals surface area contributed by atoms with E-state index >= 15 is 0 Å². The van der Waals surface area contributed by atoms with Gasteiger partial charge in [-0.05, 0) is 38.5 Å². The highest BCUT2D eigenvalue weighted by atomic mass is 16.1. The van der Waals surface area contributed by atoms with Crippen molar-refractivity contribution >= 4 is 6.29 Å². The number of carbonyl (C=O) groups excluding carboxylic acids is 1. The Morgan fingerprint density at radius 1 is 1.50 bits per heavy atom. The second kappa shape index (κ2) is 5.14. The third-order valence-electron chi connectivity index (χ3n) is 3.38. The summed E-state index contributed by atoms with van der Waals surface area (Å²) in [7, 11) is 0. The van der Waals surface area contributed by atoms with E-state index in [4.69, 9.17) is 0 Å². The van der Waals surface area contributed by atoms with Gasteiger partial charge in [-0.3, -0.25) is 0 Å². The number of allylic oxidation sites excluding steroid dienone is 4. The van der Waals surface area contributed by atoms with Crippen molar-refractivity contribution in [2.45, 2.75) is 39.5 Å². The molecular weight excluding hydrogens is 172 g/mol. The molecule has 78 valence electrons. The standard InChI is InChI=1S/C13H20O/c1-3-4-8-12(2)13(11-14)9-6-5-7-10-13/h3-6,11-12H,7-10H2,1-2H3. The number of rotatable bonds is 4. The van der Waals surface area contributed by atoms with E-state index in [1.807, 2.05) is 6.92 Å². The van der Waals surface area contributed by atoms with E-state index in [2.05, 4.69) is 31.2 Å². The Labute approximate surface area is 86.9 Å². The second-order valence-electron chi connectivity index (χ2n) is 4.27. The molecule has 2 atom stereocenters. The molecule has 1 aliphatic carbocycles. The quantitative estimate of drug-likeness (QED) is 0.492. The van der Waals surface area contributed by atoms with Crippen molar-refractivity contribution in [3.05, 3.63) is 24.3 Å². The lowest BCUT2D eigenvalue weighted by Gasteiger charge is -2.34. The zero-order chi connectivity index (χ0) is 10.4. The smallest absolute Gasteiger partial charge is 0.126 e. The lowest BCUT2D eigenvalue weighted by atomic mass is 9.68. The first-order valence-electron chi connectivity index (χ1n) is 5.47.